The van der Waals surface area contributed by atoms with Crippen LogP contribution in [0.25, 0.3) is 0 Å². The van der Waals surface area contributed by atoms with Crippen LogP contribution in [0.5, 0.6) is 0 Å². The fourth-order valence-corrected chi connectivity index (χ4v) is 4.86. The molecule has 19 heavy (non-hydrogen) atoms. The lowest BCUT2D eigenvalue weighted by Crippen LogP contribution is -2.43. The highest BCUT2D eigenvalue weighted by molar-refractivity contribution is 7.93. The number of hydrogen-bond acceptors (Lipinski definition) is 5. The maximum atomic E-state index is 11.7. The summed E-state index contributed by atoms with van der Waals surface area (Å²) in [5, 5.41) is 10.3. The Balaban J connectivity index is 2.49. The number of hydrogen-bond donors (Lipinski definition) is 2. The number of rotatable bonds is 6. The highest BCUT2D eigenvalue weighted by Gasteiger charge is 2.29. The summed E-state index contributed by atoms with van der Waals surface area (Å²) in [7, 11) is -6.96. The molecule has 0 saturated heterocycles. The van der Waals surface area contributed by atoms with Crippen molar-refractivity contribution in [1.82, 2.24) is 4.72 Å². The lowest BCUT2D eigenvalue weighted by atomic mass is 9.95. The van der Waals surface area contributed by atoms with Gasteiger partial charge in [0, 0.05) is 12.8 Å². The van der Waals surface area contributed by atoms with Crippen molar-refractivity contribution in [2.45, 2.75) is 44.1 Å². The van der Waals surface area contributed by atoms with Gasteiger partial charge in [0.15, 0.2) is 0 Å². The van der Waals surface area contributed by atoms with E-state index in [-0.39, 0.29) is 6.54 Å². The van der Waals surface area contributed by atoms with E-state index in [0.717, 1.165) is 31.9 Å². The van der Waals surface area contributed by atoms with Crippen LogP contribution in [0.3, 0.4) is 0 Å². The Labute approximate surface area is 115 Å². The van der Waals surface area contributed by atoms with Gasteiger partial charge in [0.25, 0.3) is 0 Å². The maximum Gasteiger partial charge on any atom is 0.212 e. The molecule has 8 heteroatoms. The largest absolute Gasteiger partial charge is 0.389 e. The molecule has 0 aromatic carbocycles. The summed E-state index contributed by atoms with van der Waals surface area (Å²) in [6.45, 7) is -0.0287. The normalized spacial score (nSPS) is 20.9. The molecule has 0 atom stereocenters. The van der Waals surface area contributed by atoms with E-state index >= 15 is 0 Å². The van der Waals surface area contributed by atoms with Gasteiger partial charge < -0.3 is 5.11 Å². The summed E-state index contributed by atoms with van der Waals surface area (Å²) >= 11 is 0. The van der Waals surface area contributed by atoms with E-state index in [9.17, 15) is 21.9 Å². The van der Waals surface area contributed by atoms with Gasteiger partial charge in [-0.05, 0) is 12.8 Å². The summed E-state index contributed by atoms with van der Waals surface area (Å²) in [5.41, 5.74) is -0.991. The predicted octanol–water partition coefficient (Wildman–Crippen LogP) is 0.0357. The molecule has 0 heterocycles. The van der Waals surface area contributed by atoms with E-state index in [0.29, 0.717) is 12.8 Å². The van der Waals surface area contributed by atoms with Crippen LogP contribution < -0.4 is 4.72 Å². The monoisotopic (exact) mass is 313 g/mol. The zero-order valence-electron chi connectivity index (χ0n) is 11.3. The summed E-state index contributed by atoms with van der Waals surface area (Å²) in [6.07, 6.45) is 6.07. The third-order valence-electron chi connectivity index (χ3n) is 3.38. The molecule has 0 radical (unpaired) electrons. The number of sulfonamides is 1. The Kier molecular flexibility index (Phi) is 5.78. The van der Waals surface area contributed by atoms with Crippen LogP contribution in [0.2, 0.25) is 0 Å². The molecule has 6 nitrogen and oxygen atoms in total. The van der Waals surface area contributed by atoms with Crippen molar-refractivity contribution in [3.05, 3.63) is 0 Å². The second kappa shape index (κ2) is 6.51. The molecule has 0 aromatic heterocycles. The molecule has 0 bridgehead atoms. The van der Waals surface area contributed by atoms with Crippen molar-refractivity contribution in [3.8, 4) is 0 Å². The molecular formula is C11H23NO5S2. The average molecular weight is 313 g/mol. The molecule has 0 aromatic rings. The Morgan fingerprint density at radius 1 is 1.00 bits per heavy atom. The topological polar surface area (TPSA) is 101 Å². The van der Waals surface area contributed by atoms with Gasteiger partial charge >= 0.3 is 0 Å². The molecule has 1 fully saturated rings. The molecule has 1 rings (SSSR count). The first-order valence-corrected chi connectivity index (χ1v) is 10.2. The first-order valence-electron chi connectivity index (χ1n) is 6.49. The first kappa shape index (κ1) is 16.9. The number of aliphatic hydroxyl groups is 1. The molecule has 0 spiro atoms. The van der Waals surface area contributed by atoms with Crippen LogP contribution in [0.1, 0.15) is 38.5 Å². The zero-order valence-corrected chi connectivity index (χ0v) is 12.9. The lowest BCUT2D eigenvalue weighted by Gasteiger charge is -2.26. The summed E-state index contributed by atoms with van der Waals surface area (Å²) < 4.78 is 47.6. The maximum absolute atomic E-state index is 11.7. The van der Waals surface area contributed by atoms with Crippen molar-refractivity contribution >= 4 is 19.9 Å². The lowest BCUT2D eigenvalue weighted by molar-refractivity contribution is 0.0303. The van der Waals surface area contributed by atoms with Crippen LogP contribution in [-0.4, -0.2) is 51.8 Å². The molecule has 0 unspecified atom stereocenters. The molecule has 1 aliphatic carbocycles. The van der Waals surface area contributed by atoms with Crippen LogP contribution in [0, 0.1) is 0 Å². The smallest absolute Gasteiger partial charge is 0.212 e. The fourth-order valence-electron chi connectivity index (χ4n) is 2.14. The molecule has 2 N–H and O–H groups in total. The molecule has 0 aliphatic heterocycles. The third-order valence-corrected chi connectivity index (χ3v) is 5.91. The van der Waals surface area contributed by atoms with Crippen LogP contribution in [0.15, 0.2) is 0 Å². The second-order valence-corrected chi connectivity index (χ2v) is 9.59. The van der Waals surface area contributed by atoms with E-state index in [4.69, 9.17) is 0 Å². The second-order valence-electron chi connectivity index (χ2n) is 5.41. The van der Waals surface area contributed by atoms with Gasteiger partial charge in [0.1, 0.15) is 9.84 Å². The van der Waals surface area contributed by atoms with E-state index in [2.05, 4.69) is 4.72 Å². The summed E-state index contributed by atoms with van der Waals surface area (Å²) in [4.78, 5) is 0. The van der Waals surface area contributed by atoms with Crippen LogP contribution >= 0.6 is 0 Å². The van der Waals surface area contributed by atoms with E-state index in [1.54, 1.807) is 0 Å². The van der Waals surface area contributed by atoms with Gasteiger partial charge in [0.05, 0.1) is 17.1 Å². The standard InChI is InChI=1S/C11H23NO5S2/c1-18(14,15)8-9-19(16,17)12-10-11(13)6-4-2-3-5-7-11/h12-13H,2-10H2,1H3. The van der Waals surface area contributed by atoms with E-state index in [1.807, 2.05) is 0 Å². The van der Waals surface area contributed by atoms with Crippen molar-refractivity contribution in [3.63, 3.8) is 0 Å². The van der Waals surface area contributed by atoms with Crippen LogP contribution in [0.4, 0.5) is 0 Å². The predicted molar refractivity (Wildman–Crippen MR) is 74.2 cm³/mol. The van der Waals surface area contributed by atoms with Gasteiger partial charge in [-0.2, -0.15) is 0 Å². The van der Waals surface area contributed by atoms with Crippen molar-refractivity contribution in [2.24, 2.45) is 0 Å². The molecular weight excluding hydrogens is 290 g/mol. The van der Waals surface area contributed by atoms with E-state index < -0.39 is 37.0 Å². The minimum atomic E-state index is -3.65. The Morgan fingerprint density at radius 2 is 1.53 bits per heavy atom. The quantitative estimate of drug-likeness (QED) is 0.674. The van der Waals surface area contributed by atoms with Crippen molar-refractivity contribution in [1.29, 1.82) is 0 Å². The Hall–Kier alpha value is -0.180. The minimum absolute atomic E-state index is 0.0287. The van der Waals surface area contributed by atoms with Gasteiger partial charge in [-0.1, -0.05) is 25.7 Å². The average Bonchev–Trinajstić information content (AvgIpc) is 2.50. The minimum Gasteiger partial charge on any atom is -0.389 e. The van der Waals surface area contributed by atoms with Gasteiger partial charge in [-0.25, -0.2) is 21.6 Å². The van der Waals surface area contributed by atoms with Crippen molar-refractivity contribution < 1.29 is 21.9 Å². The van der Waals surface area contributed by atoms with Gasteiger partial charge in [0.2, 0.25) is 10.0 Å². The number of sulfone groups is 1. The molecule has 1 saturated carbocycles. The van der Waals surface area contributed by atoms with Gasteiger partial charge in [-0.3, -0.25) is 0 Å². The molecule has 0 amide bonds. The summed E-state index contributed by atoms with van der Waals surface area (Å²) in [6, 6.07) is 0. The van der Waals surface area contributed by atoms with Crippen LogP contribution in [-0.2, 0) is 19.9 Å². The third kappa shape index (κ3) is 7.24. The molecule has 114 valence electrons. The number of nitrogens with one attached hydrogen (secondary N) is 1. The van der Waals surface area contributed by atoms with Crippen molar-refractivity contribution in [2.75, 3.05) is 24.3 Å². The Bertz CT molecular complexity index is 475. The fraction of sp³-hybridized carbons (Fsp3) is 1.00. The Morgan fingerprint density at radius 3 is 2.00 bits per heavy atom. The van der Waals surface area contributed by atoms with E-state index in [1.165, 1.54) is 0 Å². The highest BCUT2D eigenvalue weighted by Crippen LogP contribution is 2.26. The van der Waals surface area contributed by atoms with Gasteiger partial charge in [-0.15, -0.1) is 0 Å². The summed E-state index contributed by atoms with van der Waals surface area (Å²) in [5.74, 6) is -0.858. The molecule has 1 aliphatic rings. The SMILES string of the molecule is CS(=O)(=O)CCS(=O)(=O)NCC1(O)CCCCCC1. The first-order chi connectivity index (χ1) is 8.62. The highest BCUT2D eigenvalue weighted by atomic mass is 32.2. The zero-order chi connectivity index (χ0) is 14.6.